The molecule has 0 radical (unpaired) electrons. The molecule has 0 unspecified atom stereocenters. The number of aromatic amines is 1. The summed E-state index contributed by atoms with van der Waals surface area (Å²) in [5.74, 6) is 1.12. The van der Waals surface area contributed by atoms with Crippen molar-refractivity contribution in [3.05, 3.63) is 69.5 Å². The average molecular weight is 449 g/mol. The average Bonchev–Trinajstić information content (AvgIpc) is 3.51. The van der Waals surface area contributed by atoms with Gasteiger partial charge in [-0.2, -0.15) is 5.26 Å². The van der Waals surface area contributed by atoms with Crippen LogP contribution in [0.2, 0.25) is 0 Å². The van der Waals surface area contributed by atoms with Crippen LogP contribution in [-0.2, 0) is 11.3 Å². The summed E-state index contributed by atoms with van der Waals surface area (Å²) in [5, 5.41) is 22.2. The molecule has 1 aromatic carbocycles. The smallest absolute Gasteiger partial charge is 0.235 e. The third kappa shape index (κ3) is 4.55. The molecule has 3 aromatic heterocycles. The number of thiophene rings is 1. The van der Waals surface area contributed by atoms with Crippen LogP contribution in [-0.4, -0.2) is 31.4 Å². The molecule has 0 aliphatic rings. The number of hydrogen-bond acceptors (Lipinski definition) is 6. The van der Waals surface area contributed by atoms with E-state index in [1.54, 1.807) is 11.3 Å². The van der Waals surface area contributed by atoms with E-state index in [1.807, 2.05) is 66.3 Å². The van der Waals surface area contributed by atoms with Crippen LogP contribution in [0, 0.1) is 25.2 Å². The molecule has 0 fully saturated rings. The number of aromatic nitrogens is 4. The van der Waals surface area contributed by atoms with Crippen molar-refractivity contribution in [2.24, 2.45) is 0 Å². The second kappa shape index (κ2) is 9.20. The topological polar surface area (TPSA) is 99.4 Å². The van der Waals surface area contributed by atoms with Crippen LogP contribution < -0.4 is 5.32 Å². The predicted octanol–water partition coefficient (Wildman–Crippen LogP) is 4.60. The van der Waals surface area contributed by atoms with Gasteiger partial charge in [-0.1, -0.05) is 48.2 Å². The molecule has 31 heavy (non-hydrogen) atoms. The second-order valence-electron chi connectivity index (χ2n) is 6.88. The Morgan fingerprint density at radius 2 is 2.06 bits per heavy atom. The molecular weight excluding hydrogens is 428 g/mol. The molecule has 0 saturated carbocycles. The van der Waals surface area contributed by atoms with E-state index in [2.05, 4.69) is 26.6 Å². The quantitative estimate of drug-likeness (QED) is 0.403. The first kappa shape index (κ1) is 20.9. The highest BCUT2D eigenvalue weighted by Crippen LogP contribution is 2.28. The van der Waals surface area contributed by atoms with E-state index >= 15 is 0 Å². The maximum Gasteiger partial charge on any atom is 0.235 e. The van der Waals surface area contributed by atoms with Gasteiger partial charge in [0.2, 0.25) is 11.1 Å². The lowest BCUT2D eigenvalue weighted by atomic mass is 10.2. The van der Waals surface area contributed by atoms with E-state index in [9.17, 15) is 10.1 Å². The van der Waals surface area contributed by atoms with E-state index < -0.39 is 0 Å². The first-order valence-corrected chi connectivity index (χ1v) is 11.5. The summed E-state index contributed by atoms with van der Waals surface area (Å²) in [6, 6.07) is 16.0. The number of nitrogens with zero attached hydrogens (tertiary/aromatic N) is 4. The summed E-state index contributed by atoms with van der Waals surface area (Å²) >= 11 is 2.89. The van der Waals surface area contributed by atoms with Gasteiger partial charge in [-0.3, -0.25) is 9.89 Å². The third-order valence-corrected chi connectivity index (χ3v) is 6.65. The Balaban J connectivity index is 1.47. The molecule has 4 aromatic rings. The number of rotatable bonds is 7. The highest BCUT2D eigenvalue weighted by molar-refractivity contribution is 7.99. The van der Waals surface area contributed by atoms with Gasteiger partial charge in [0.15, 0.2) is 5.82 Å². The standard InChI is InChI=1S/C22H20N6OS2/c1-14-15(2)28(12-17-9-6-10-30-17)21(18(14)11-23)24-19(29)13-31-22-25-20(26-27-22)16-7-4-3-5-8-16/h3-10H,12-13H2,1-2H3,(H,24,29)(H,25,26,27). The molecule has 0 atom stereocenters. The molecule has 0 bridgehead atoms. The van der Waals surface area contributed by atoms with Gasteiger partial charge in [0, 0.05) is 16.1 Å². The van der Waals surface area contributed by atoms with E-state index in [0.29, 0.717) is 28.9 Å². The van der Waals surface area contributed by atoms with Gasteiger partial charge in [0.25, 0.3) is 0 Å². The van der Waals surface area contributed by atoms with Crippen molar-refractivity contribution in [2.75, 3.05) is 11.1 Å². The summed E-state index contributed by atoms with van der Waals surface area (Å²) in [6.07, 6.45) is 0. The van der Waals surface area contributed by atoms with Gasteiger partial charge in [-0.25, -0.2) is 4.98 Å². The zero-order chi connectivity index (χ0) is 21.8. The number of hydrogen-bond donors (Lipinski definition) is 2. The Morgan fingerprint density at radius 3 is 2.77 bits per heavy atom. The molecule has 0 aliphatic heterocycles. The lowest BCUT2D eigenvalue weighted by Crippen LogP contribution is -2.18. The molecule has 0 aliphatic carbocycles. The summed E-state index contributed by atoms with van der Waals surface area (Å²) < 4.78 is 1.99. The fourth-order valence-electron chi connectivity index (χ4n) is 3.22. The Bertz CT molecular complexity index is 1240. The fourth-order valence-corrected chi connectivity index (χ4v) is 4.51. The van der Waals surface area contributed by atoms with Crippen LogP contribution >= 0.6 is 23.1 Å². The summed E-state index contributed by atoms with van der Waals surface area (Å²) in [7, 11) is 0. The monoisotopic (exact) mass is 448 g/mol. The Hall–Kier alpha value is -3.35. The molecule has 2 N–H and O–H groups in total. The number of nitrogens with one attached hydrogen (secondary N) is 2. The largest absolute Gasteiger partial charge is 0.325 e. The molecule has 7 nitrogen and oxygen atoms in total. The maximum atomic E-state index is 12.7. The Morgan fingerprint density at radius 1 is 1.26 bits per heavy atom. The number of nitriles is 1. The molecule has 0 saturated heterocycles. The first-order chi connectivity index (χ1) is 15.1. The van der Waals surface area contributed by atoms with Gasteiger partial charge < -0.3 is 9.88 Å². The summed E-state index contributed by atoms with van der Waals surface area (Å²) in [4.78, 5) is 18.3. The minimum atomic E-state index is -0.211. The number of thioether (sulfide) groups is 1. The van der Waals surface area contributed by atoms with Gasteiger partial charge in [0.1, 0.15) is 11.9 Å². The van der Waals surface area contributed by atoms with Crippen molar-refractivity contribution < 1.29 is 4.79 Å². The van der Waals surface area contributed by atoms with E-state index in [1.165, 1.54) is 11.8 Å². The van der Waals surface area contributed by atoms with Gasteiger partial charge in [-0.05, 0) is 30.9 Å². The highest BCUT2D eigenvalue weighted by Gasteiger charge is 2.20. The number of benzene rings is 1. The van der Waals surface area contributed by atoms with Crippen LogP contribution in [0.15, 0.2) is 53.0 Å². The number of carbonyl (C=O) groups is 1. The lowest BCUT2D eigenvalue weighted by molar-refractivity contribution is -0.113. The van der Waals surface area contributed by atoms with Crippen LogP contribution in [0.25, 0.3) is 11.4 Å². The molecule has 9 heteroatoms. The van der Waals surface area contributed by atoms with Crippen molar-refractivity contribution in [3.63, 3.8) is 0 Å². The molecule has 0 spiro atoms. The molecule has 1 amide bonds. The van der Waals surface area contributed by atoms with Crippen LogP contribution in [0.5, 0.6) is 0 Å². The van der Waals surface area contributed by atoms with Gasteiger partial charge >= 0.3 is 0 Å². The van der Waals surface area contributed by atoms with E-state index in [-0.39, 0.29) is 11.7 Å². The van der Waals surface area contributed by atoms with Gasteiger partial charge in [0.05, 0.1) is 17.9 Å². The van der Waals surface area contributed by atoms with Gasteiger partial charge in [-0.15, -0.1) is 16.4 Å². The predicted molar refractivity (Wildman–Crippen MR) is 123 cm³/mol. The van der Waals surface area contributed by atoms with Crippen molar-refractivity contribution in [1.82, 2.24) is 19.7 Å². The van der Waals surface area contributed by atoms with E-state index in [0.717, 1.165) is 21.7 Å². The molecule has 156 valence electrons. The van der Waals surface area contributed by atoms with E-state index in [4.69, 9.17) is 0 Å². The van der Waals surface area contributed by atoms with Crippen molar-refractivity contribution >= 4 is 34.8 Å². The number of H-pyrrole nitrogens is 1. The summed E-state index contributed by atoms with van der Waals surface area (Å²) in [5.41, 5.74) is 3.27. The summed E-state index contributed by atoms with van der Waals surface area (Å²) in [6.45, 7) is 4.48. The van der Waals surface area contributed by atoms with Crippen molar-refractivity contribution in [3.8, 4) is 17.5 Å². The second-order valence-corrected chi connectivity index (χ2v) is 8.86. The third-order valence-electron chi connectivity index (χ3n) is 4.94. The van der Waals surface area contributed by atoms with Crippen LogP contribution in [0.3, 0.4) is 0 Å². The minimum absolute atomic E-state index is 0.138. The fraction of sp³-hybridized carbons (Fsp3) is 0.182. The number of amides is 1. The highest BCUT2D eigenvalue weighted by atomic mass is 32.2. The number of anilines is 1. The number of carbonyl (C=O) groups excluding carboxylic acids is 1. The Labute approximate surface area is 188 Å². The minimum Gasteiger partial charge on any atom is -0.325 e. The SMILES string of the molecule is Cc1c(C#N)c(NC(=O)CSc2n[nH]c(-c3ccccc3)n2)n(Cc2cccs2)c1C. The maximum absolute atomic E-state index is 12.7. The first-order valence-electron chi connectivity index (χ1n) is 9.59. The van der Waals surface area contributed by atoms with Crippen LogP contribution in [0.4, 0.5) is 5.82 Å². The van der Waals surface area contributed by atoms with Crippen LogP contribution in [0.1, 0.15) is 21.7 Å². The van der Waals surface area contributed by atoms with Crippen molar-refractivity contribution in [2.45, 2.75) is 25.5 Å². The zero-order valence-electron chi connectivity index (χ0n) is 17.0. The van der Waals surface area contributed by atoms with Crippen molar-refractivity contribution in [1.29, 1.82) is 5.26 Å². The normalized spacial score (nSPS) is 10.7. The zero-order valence-corrected chi connectivity index (χ0v) is 18.7. The molecule has 4 rings (SSSR count). The lowest BCUT2D eigenvalue weighted by Gasteiger charge is -2.12. The molecular formula is C22H20N6OS2. The Kier molecular flexibility index (Phi) is 6.21. The molecule has 3 heterocycles.